The zero-order chi connectivity index (χ0) is 17.6. The number of ether oxygens (including phenoxy) is 2. The second-order valence-corrected chi connectivity index (χ2v) is 5.47. The maximum atomic E-state index is 11.0. The topological polar surface area (TPSA) is 87.6 Å². The van der Waals surface area contributed by atoms with Crippen molar-refractivity contribution in [2.75, 3.05) is 0 Å². The fraction of sp³-hybridized carbons (Fsp3) is 0.158. The molecule has 0 fully saturated rings. The van der Waals surface area contributed by atoms with E-state index in [1.54, 1.807) is 31.2 Å². The second-order valence-electron chi connectivity index (χ2n) is 5.47. The Morgan fingerprint density at radius 1 is 1.12 bits per heavy atom. The quantitative estimate of drug-likeness (QED) is 0.715. The average molecular weight is 338 g/mol. The lowest BCUT2D eigenvalue weighted by molar-refractivity contribution is -0.123. The van der Waals surface area contributed by atoms with Crippen molar-refractivity contribution in [3.05, 3.63) is 66.4 Å². The zero-order valence-electron chi connectivity index (χ0n) is 13.7. The van der Waals surface area contributed by atoms with Crippen LogP contribution in [0.15, 0.2) is 65.2 Å². The minimum absolute atomic E-state index is 0.286. The van der Waals surface area contributed by atoms with Crippen LogP contribution >= 0.6 is 0 Å². The molecular formula is C19H18N2O4. The van der Waals surface area contributed by atoms with Crippen molar-refractivity contribution in [2.45, 2.75) is 19.6 Å². The lowest BCUT2D eigenvalue weighted by Crippen LogP contribution is -2.30. The number of hydrogen-bond acceptors (Lipinski definition) is 5. The van der Waals surface area contributed by atoms with Gasteiger partial charge in [-0.3, -0.25) is 4.79 Å². The summed E-state index contributed by atoms with van der Waals surface area (Å²) in [5.41, 5.74) is 6.83. The molecule has 128 valence electrons. The minimum atomic E-state index is -0.682. The van der Waals surface area contributed by atoms with E-state index in [0.717, 1.165) is 5.56 Å². The van der Waals surface area contributed by atoms with Crippen LogP contribution in [-0.2, 0) is 11.4 Å². The van der Waals surface area contributed by atoms with Crippen molar-refractivity contribution in [3.63, 3.8) is 0 Å². The summed E-state index contributed by atoms with van der Waals surface area (Å²) in [4.78, 5) is 11.0. The van der Waals surface area contributed by atoms with Crippen molar-refractivity contribution in [1.29, 1.82) is 0 Å². The van der Waals surface area contributed by atoms with Crippen LogP contribution in [0.5, 0.6) is 11.5 Å². The van der Waals surface area contributed by atoms with E-state index in [2.05, 4.69) is 5.16 Å². The summed E-state index contributed by atoms with van der Waals surface area (Å²) in [5, 5.41) is 4.01. The van der Waals surface area contributed by atoms with E-state index < -0.39 is 12.0 Å². The number of amides is 1. The molecule has 3 rings (SSSR count). The first-order chi connectivity index (χ1) is 12.1. The van der Waals surface area contributed by atoms with Crippen LogP contribution in [0.4, 0.5) is 0 Å². The molecule has 0 spiro atoms. The Balaban J connectivity index is 1.57. The van der Waals surface area contributed by atoms with Gasteiger partial charge < -0.3 is 19.7 Å². The molecule has 2 N–H and O–H groups in total. The van der Waals surface area contributed by atoms with E-state index in [1.165, 1.54) is 0 Å². The number of benzene rings is 2. The number of hydrogen-bond donors (Lipinski definition) is 1. The van der Waals surface area contributed by atoms with Crippen molar-refractivity contribution < 1.29 is 18.8 Å². The van der Waals surface area contributed by atoms with Crippen LogP contribution in [0.25, 0.3) is 11.3 Å². The summed E-state index contributed by atoms with van der Waals surface area (Å²) >= 11 is 0. The Kier molecular flexibility index (Phi) is 4.99. The molecule has 0 aliphatic rings. The summed E-state index contributed by atoms with van der Waals surface area (Å²) in [5.74, 6) is 1.39. The number of rotatable bonds is 7. The van der Waals surface area contributed by atoms with Gasteiger partial charge in [0.15, 0.2) is 11.9 Å². The van der Waals surface area contributed by atoms with Gasteiger partial charge >= 0.3 is 0 Å². The van der Waals surface area contributed by atoms with Crippen molar-refractivity contribution in [3.8, 4) is 22.8 Å². The van der Waals surface area contributed by atoms with Crippen LogP contribution in [0.3, 0.4) is 0 Å². The summed E-state index contributed by atoms with van der Waals surface area (Å²) in [6.07, 6.45) is -0.682. The van der Waals surface area contributed by atoms with Gasteiger partial charge in [0.25, 0.3) is 5.91 Å². The maximum absolute atomic E-state index is 11.0. The molecule has 6 heteroatoms. The van der Waals surface area contributed by atoms with E-state index in [-0.39, 0.29) is 6.61 Å². The van der Waals surface area contributed by atoms with Crippen LogP contribution in [0.1, 0.15) is 12.6 Å². The number of carbonyl (C=O) groups is 1. The lowest BCUT2D eigenvalue weighted by atomic mass is 10.2. The second kappa shape index (κ2) is 7.53. The summed E-state index contributed by atoms with van der Waals surface area (Å²) in [6, 6.07) is 18.5. The Morgan fingerprint density at radius 2 is 1.80 bits per heavy atom. The molecule has 2 aromatic carbocycles. The first-order valence-corrected chi connectivity index (χ1v) is 7.81. The average Bonchev–Trinajstić information content (AvgIpc) is 3.11. The largest absolute Gasteiger partial charge is 0.487 e. The van der Waals surface area contributed by atoms with E-state index in [1.807, 2.05) is 36.4 Å². The van der Waals surface area contributed by atoms with Gasteiger partial charge in [0.05, 0.1) is 0 Å². The maximum Gasteiger partial charge on any atom is 0.258 e. The molecule has 0 saturated heterocycles. The Hall–Kier alpha value is -3.28. The van der Waals surface area contributed by atoms with Crippen LogP contribution in [0, 0.1) is 0 Å². The number of primary amides is 1. The molecule has 1 heterocycles. The molecule has 1 unspecified atom stereocenters. The van der Waals surface area contributed by atoms with Crippen LogP contribution in [0.2, 0.25) is 0 Å². The van der Waals surface area contributed by atoms with Crippen molar-refractivity contribution in [2.24, 2.45) is 5.73 Å². The number of aromatic nitrogens is 1. The zero-order valence-corrected chi connectivity index (χ0v) is 13.7. The Morgan fingerprint density at radius 3 is 2.48 bits per heavy atom. The van der Waals surface area contributed by atoms with Crippen LogP contribution in [-0.4, -0.2) is 17.2 Å². The molecule has 0 aliphatic carbocycles. The van der Waals surface area contributed by atoms with Crippen LogP contribution < -0.4 is 15.2 Å². The molecule has 1 amide bonds. The SMILES string of the molecule is CC(Oc1ccc(OCc2cc(-c3ccccc3)on2)cc1)C(N)=O. The molecule has 25 heavy (non-hydrogen) atoms. The third-order valence-corrected chi connectivity index (χ3v) is 3.54. The number of nitrogens with zero attached hydrogens (tertiary/aromatic N) is 1. The Bertz CT molecular complexity index is 828. The molecule has 0 radical (unpaired) electrons. The number of carbonyl (C=O) groups excluding carboxylic acids is 1. The van der Waals surface area contributed by atoms with Gasteiger partial charge in [-0.25, -0.2) is 0 Å². The third-order valence-electron chi connectivity index (χ3n) is 3.54. The van der Waals surface area contributed by atoms with E-state index in [4.69, 9.17) is 19.7 Å². The highest BCUT2D eigenvalue weighted by Gasteiger charge is 2.10. The van der Waals surface area contributed by atoms with Gasteiger partial charge in [-0.2, -0.15) is 0 Å². The predicted octanol–water partition coefficient (Wildman–Crippen LogP) is 3.17. The first kappa shape index (κ1) is 16.6. The highest BCUT2D eigenvalue weighted by atomic mass is 16.5. The molecular weight excluding hydrogens is 320 g/mol. The minimum Gasteiger partial charge on any atom is -0.487 e. The lowest BCUT2D eigenvalue weighted by Gasteiger charge is -2.11. The van der Waals surface area contributed by atoms with Gasteiger partial charge in [-0.15, -0.1) is 0 Å². The Labute approximate surface area is 145 Å². The van der Waals surface area contributed by atoms with E-state index >= 15 is 0 Å². The van der Waals surface area contributed by atoms with Gasteiger partial charge in [0.2, 0.25) is 0 Å². The fourth-order valence-electron chi connectivity index (χ4n) is 2.15. The predicted molar refractivity (Wildman–Crippen MR) is 92.0 cm³/mol. The van der Waals surface area contributed by atoms with E-state index in [9.17, 15) is 4.79 Å². The molecule has 0 bridgehead atoms. The van der Waals surface area contributed by atoms with Gasteiger partial charge in [0, 0.05) is 11.6 Å². The highest BCUT2D eigenvalue weighted by molar-refractivity contribution is 5.78. The molecule has 3 aromatic rings. The molecule has 6 nitrogen and oxygen atoms in total. The number of nitrogens with two attached hydrogens (primary N) is 1. The van der Waals surface area contributed by atoms with Gasteiger partial charge in [-0.1, -0.05) is 35.5 Å². The fourth-order valence-corrected chi connectivity index (χ4v) is 2.15. The van der Waals surface area contributed by atoms with Gasteiger partial charge in [-0.05, 0) is 31.2 Å². The third kappa shape index (κ3) is 4.38. The smallest absolute Gasteiger partial charge is 0.258 e. The summed E-state index contributed by atoms with van der Waals surface area (Å²) in [6.45, 7) is 1.88. The normalized spacial score (nSPS) is 11.7. The molecule has 1 atom stereocenters. The van der Waals surface area contributed by atoms with Crippen molar-refractivity contribution in [1.82, 2.24) is 5.16 Å². The van der Waals surface area contributed by atoms with Crippen molar-refractivity contribution >= 4 is 5.91 Å². The molecule has 0 aliphatic heterocycles. The summed E-state index contributed by atoms with van der Waals surface area (Å²) < 4.78 is 16.4. The van der Waals surface area contributed by atoms with Gasteiger partial charge in [0.1, 0.15) is 23.8 Å². The monoisotopic (exact) mass is 338 g/mol. The molecule has 0 saturated carbocycles. The first-order valence-electron chi connectivity index (χ1n) is 7.81. The standard InChI is InChI=1S/C19H18N2O4/c1-13(19(20)22)24-17-9-7-16(8-10-17)23-12-15-11-18(25-21-15)14-5-3-2-4-6-14/h2-11,13H,12H2,1H3,(H2,20,22). The highest BCUT2D eigenvalue weighted by Crippen LogP contribution is 2.22. The summed E-state index contributed by atoms with van der Waals surface area (Å²) in [7, 11) is 0. The molecule has 1 aromatic heterocycles. The van der Waals surface area contributed by atoms with E-state index in [0.29, 0.717) is 23.0 Å².